The first-order chi connectivity index (χ1) is 8.79. The van der Waals surface area contributed by atoms with Crippen molar-refractivity contribution in [3.05, 3.63) is 71.6 Å². The summed E-state index contributed by atoms with van der Waals surface area (Å²) in [5, 5.41) is 0. The number of hydrogen-bond donors (Lipinski definition) is 0. The van der Waals surface area contributed by atoms with E-state index in [2.05, 4.69) is 36.2 Å². The fourth-order valence-corrected chi connectivity index (χ4v) is 1.70. The molecule has 0 radical (unpaired) electrons. The van der Waals surface area contributed by atoms with Crippen LogP contribution in [-0.2, 0) is 11.2 Å². The van der Waals surface area contributed by atoms with E-state index in [1.165, 1.54) is 11.1 Å². The normalized spacial score (nSPS) is 11.3. The third-order valence-corrected chi connectivity index (χ3v) is 2.77. The molecule has 2 aromatic rings. The molecule has 2 rings (SSSR count). The van der Waals surface area contributed by atoms with Crippen LogP contribution in [0.15, 0.2) is 54.7 Å². The van der Waals surface area contributed by atoms with Crippen LogP contribution < -0.4 is 0 Å². The van der Waals surface area contributed by atoms with Crippen LogP contribution in [-0.4, -0.2) is 11.3 Å². The molecule has 0 unspecified atom stereocenters. The van der Waals surface area contributed by atoms with Crippen molar-refractivity contribution in [1.82, 2.24) is 4.98 Å². The Balaban J connectivity index is 2.16. The predicted molar refractivity (Wildman–Crippen MR) is 73.2 cm³/mol. The van der Waals surface area contributed by atoms with Gasteiger partial charge in [0.2, 0.25) is 0 Å². The first-order valence-electron chi connectivity index (χ1n) is 5.92. The molecule has 18 heavy (non-hydrogen) atoms. The fourth-order valence-electron chi connectivity index (χ4n) is 1.70. The van der Waals surface area contributed by atoms with Crippen molar-refractivity contribution in [2.45, 2.75) is 13.3 Å². The van der Waals surface area contributed by atoms with Crippen molar-refractivity contribution in [3.63, 3.8) is 0 Å². The number of benzene rings is 1. The lowest BCUT2D eigenvalue weighted by Crippen LogP contribution is -1.91. The van der Waals surface area contributed by atoms with Crippen LogP contribution in [0, 0.1) is 6.92 Å². The number of carbonyl (C=O) groups excluding carboxylic acids is 1. The van der Waals surface area contributed by atoms with E-state index in [-0.39, 0.29) is 0 Å². The quantitative estimate of drug-likeness (QED) is 0.603. The Bertz CT molecular complexity index is 541. The van der Waals surface area contributed by atoms with Gasteiger partial charge in [0.25, 0.3) is 0 Å². The second-order valence-electron chi connectivity index (χ2n) is 4.18. The predicted octanol–water partition coefficient (Wildman–Crippen LogP) is 3.22. The molecular weight excluding hydrogens is 222 g/mol. The Morgan fingerprint density at radius 1 is 1.17 bits per heavy atom. The van der Waals surface area contributed by atoms with Crippen LogP contribution in [0.3, 0.4) is 0 Å². The summed E-state index contributed by atoms with van der Waals surface area (Å²) in [6, 6.07) is 13.9. The Morgan fingerprint density at radius 3 is 2.56 bits per heavy atom. The first kappa shape index (κ1) is 12.2. The Kier molecular flexibility index (Phi) is 4.02. The third kappa shape index (κ3) is 3.14. The minimum absolute atomic E-state index is 0.635. The number of aryl methyl sites for hydroxylation is 1. The second kappa shape index (κ2) is 5.92. The van der Waals surface area contributed by atoms with Gasteiger partial charge in [-0.15, -0.1) is 0 Å². The number of aldehydes is 1. The second-order valence-corrected chi connectivity index (χ2v) is 4.18. The average Bonchev–Trinajstić information content (AvgIpc) is 2.43. The average molecular weight is 237 g/mol. The summed E-state index contributed by atoms with van der Waals surface area (Å²) in [6.07, 6.45) is 5.21. The van der Waals surface area contributed by atoms with Crippen molar-refractivity contribution >= 4 is 11.9 Å². The zero-order chi connectivity index (χ0) is 12.8. The van der Waals surface area contributed by atoms with Gasteiger partial charge in [-0.1, -0.05) is 42.0 Å². The smallest absolute Gasteiger partial charge is 0.151 e. The highest BCUT2D eigenvalue weighted by Gasteiger charge is 2.00. The highest BCUT2D eigenvalue weighted by Crippen LogP contribution is 2.11. The lowest BCUT2D eigenvalue weighted by molar-refractivity contribution is -0.103. The van der Waals surface area contributed by atoms with Gasteiger partial charge in [0.15, 0.2) is 6.29 Å². The van der Waals surface area contributed by atoms with Gasteiger partial charge in [0.1, 0.15) is 0 Å². The summed E-state index contributed by atoms with van der Waals surface area (Å²) in [5.41, 5.74) is 3.79. The molecule has 1 aromatic heterocycles. The monoisotopic (exact) mass is 237 g/mol. The molecule has 0 amide bonds. The van der Waals surface area contributed by atoms with Crippen molar-refractivity contribution in [3.8, 4) is 0 Å². The van der Waals surface area contributed by atoms with E-state index in [1.807, 2.05) is 24.3 Å². The SMILES string of the molecule is Cc1ccc(CC=C(C=O)c2ccccn2)cc1. The molecule has 90 valence electrons. The molecule has 2 heteroatoms. The first-order valence-corrected chi connectivity index (χ1v) is 5.92. The van der Waals surface area contributed by atoms with Crippen LogP contribution in [0.4, 0.5) is 0 Å². The lowest BCUT2D eigenvalue weighted by atomic mass is 10.1. The van der Waals surface area contributed by atoms with E-state index in [0.29, 0.717) is 5.57 Å². The van der Waals surface area contributed by atoms with Crippen molar-refractivity contribution in [2.24, 2.45) is 0 Å². The Morgan fingerprint density at radius 2 is 1.94 bits per heavy atom. The standard InChI is InChI=1S/C16H15NO/c1-13-5-7-14(8-6-13)9-10-15(12-18)16-4-2-3-11-17-16/h2-8,10-12H,9H2,1H3. The van der Waals surface area contributed by atoms with E-state index in [1.54, 1.807) is 6.20 Å². The van der Waals surface area contributed by atoms with Crippen LogP contribution in [0.25, 0.3) is 5.57 Å². The van der Waals surface area contributed by atoms with Gasteiger partial charge >= 0.3 is 0 Å². The zero-order valence-corrected chi connectivity index (χ0v) is 10.3. The zero-order valence-electron chi connectivity index (χ0n) is 10.3. The number of nitrogens with zero attached hydrogens (tertiary/aromatic N) is 1. The number of carbonyl (C=O) groups is 1. The van der Waals surface area contributed by atoms with Crippen molar-refractivity contribution in [1.29, 1.82) is 0 Å². The number of rotatable bonds is 4. The maximum absolute atomic E-state index is 11.1. The van der Waals surface area contributed by atoms with E-state index in [9.17, 15) is 4.79 Å². The van der Waals surface area contributed by atoms with Crippen LogP contribution >= 0.6 is 0 Å². The van der Waals surface area contributed by atoms with Gasteiger partial charge in [-0.05, 0) is 31.0 Å². The molecule has 0 aliphatic heterocycles. The number of aromatic nitrogens is 1. The van der Waals surface area contributed by atoms with Gasteiger partial charge in [-0.25, -0.2) is 0 Å². The molecule has 1 heterocycles. The van der Waals surface area contributed by atoms with E-state index in [0.717, 1.165) is 18.4 Å². The molecular formula is C16H15NO. The summed E-state index contributed by atoms with van der Waals surface area (Å²) in [6.45, 7) is 2.06. The molecule has 2 nitrogen and oxygen atoms in total. The third-order valence-electron chi connectivity index (χ3n) is 2.77. The van der Waals surface area contributed by atoms with E-state index >= 15 is 0 Å². The van der Waals surface area contributed by atoms with E-state index in [4.69, 9.17) is 0 Å². The number of allylic oxidation sites excluding steroid dienone is 2. The summed E-state index contributed by atoms with van der Waals surface area (Å²) < 4.78 is 0. The molecule has 0 saturated carbocycles. The van der Waals surface area contributed by atoms with Gasteiger partial charge in [0.05, 0.1) is 5.69 Å². The van der Waals surface area contributed by atoms with Crippen LogP contribution in [0.2, 0.25) is 0 Å². The van der Waals surface area contributed by atoms with E-state index < -0.39 is 0 Å². The van der Waals surface area contributed by atoms with Crippen molar-refractivity contribution in [2.75, 3.05) is 0 Å². The molecule has 1 aromatic carbocycles. The summed E-state index contributed by atoms with van der Waals surface area (Å²) >= 11 is 0. The molecule has 0 aliphatic rings. The summed E-state index contributed by atoms with van der Waals surface area (Å²) in [5.74, 6) is 0. The minimum Gasteiger partial charge on any atom is -0.298 e. The molecule has 0 bridgehead atoms. The number of hydrogen-bond acceptors (Lipinski definition) is 2. The topological polar surface area (TPSA) is 30.0 Å². The summed E-state index contributed by atoms with van der Waals surface area (Å²) in [4.78, 5) is 15.2. The number of pyridine rings is 1. The highest BCUT2D eigenvalue weighted by atomic mass is 16.1. The van der Waals surface area contributed by atoms with Crippen molar-refractivity contribution < 1.29 is 4.79 Å². The molecule has 0 fully saturated rings. The molecule has 0 N–H and O–H groups in total. The summed E-state index contributed by atoms with van der Waals surface area (Å²) in [7, 11) is 0. The highest BCUT2D eigenvalue weighted by molar-refractivity contribution is 6.05. The maximum atomic E-state index is 11.1. The van der Waals surface area contributed by atoms with Crippen LogP contribution in [0.1, 0.15) is 16.8 Å². The molecule has 0 aliphatic carbocycles. The lowest BCUT2D eigenvalue weighted by Gasteiger charge is -2.00. The molecule has 0 saturated heterocycles. The van der Waals surface area contributed by atoms with Gasteiger partial charge < -0.3 is 0 Å². The van der Waals surface area contributed by atoms with Crippen LogP contribution in [0.5, 0.6) is 0 Å². The fraction of sp³-hybridized carbons (Fsp3) is 0.125. The largest absolute Gasteiger partial charge is 0.298 e. The molecule has 0 atom stereocenters. The Hall–Kier alpha value is -2.22. The van der Waals surface area contributed by atoms with Gasteiger partial charge in [0, 0.05) is 11.8 Å². The Labute approximate surface area is 107 Å². The molecule has 0 spiro atoms. The van der Waals surface area contributed by atoms with Gasteiger partial charge in [-0.3, -0.25) is 9.78 Å². The minimum atomic E-state index is 0.635. The van der Waals surface area contributed by atoms with Gasteiger partial charge in [-0.2, -0.15) is 0 Å². The maximum Gasteiger partial charge on any atom is 0.151 e.